The van der Waals surface area contributed by atoms with Gasteiger partial charge in [-0.05, 0) is 73.5 Å². The van der Waals surface area contributed by atoms with Crippen LogP contribution in [0.1, 0.15) is 38.3 Å². The van der Waals surface area contributed by atoms with Crippen LogP contribution in [0.2, 0.25) is 0 Å². The number of aryl methyl sites for hydroxylation is 4. The quantitative estimate of drug-likeness (QED) is 0.512. The Hall–Kier alpha value is -2.99. The third-order valence-electron chi connectivity index (χ3n) is 4.81. The molecule has 0 aliphatic carbocycles. The Labute approximate surface area is 169 Å². The van der Waals surface area contributed by atoms with Gasteiger partial charge in [0, 0.05) is 15.4 Å². The third-order valence-corrected chi connectivity index (χ3v) is 5.88. The molecule has 142 valence electrons. The molecule has 2 heterocycles. The van der Waals surface area contributed by atoms with Crippen LogP contribution in [0.15, 0.2) is 54.6 Å². The van der Waals surface area contributed by atoms with Crippen LogP contribution in [-0.4, -0.2) is 20.2 Å². The maximum absolute atomic E-state index is 4.42. The summed E-state index contributed by atoms with van der Waals surface area (Å²) in [5, 5.41) is 16.4. The van der Waals surface area contributed by atoms with Crippen LogP contribution in [-0.2, 0) is 0 Å². The highest BCUT2D eigenvalue weighted by atomic mass is 32.1. The van der Waals surface area contributed by atoms with E-state index >= 15 is 0 Å². The minimum Gasteiger partial charge on any atom is -0.371 e. The van der Waals surface area contributed by atoms with Gasteiger partial charge >= 0.3 is 0 Å². The molecule has 1 N–H and O–H groups in total. The summed E-state index contributed by atoms with van der Waals surface area (Å²) in [4.78, 5) is 2.44. The molecule has 0 amide bonds. The van der Waals surface area contributed by atoms with Crippen molar-refractivity contribution in [3.05, 3.63) is 86.9 Å². The lowest BCUT2D eigenvalue weighted by atomic mass is 10.1. The number of para-hydroxylation sites is 1. The monoisotopic (exact) mass is 389 g/mol. The highest BCUT2D eigenvalue weighted by Gasteiger charge is 2.24. The number of benzene rings is 2. The van der Waals surface area contributed by atoms with Crippen molar-refractivity contribution in [3.8, 4) is 5.69 Å². The van der Waals surface area contributed by atoms with E-state index in [1.165, 1.54) is 15.3 Å². The van der Waals surface area contributed by atoms with Crippen molar-refractivity contribution in [2.75, 3.05) is 5.32 Å². The summed E-state index contributed by atoms with van der Waals surface area (Å²) in [5.41, 5.74) is 5.59. The van der Waals surface area contributed by atoms with Crippen molar-refractivity contribution >= 4 is 17.0 Å². The van der Waals surface area contributed by atoms with Crippen LogP contribution in [0.25, 0.3) is 5.69 Å². The van der Waals surface area contributed by atoms with Gasteiger partial charge in [-0.2, -0.15) is 4.68 Å². The Bertz CT molecular complexity index is 1070. The van der Waals surface area contributed by atoms with E-state index in [4.69, 9.17) is 0 Å². The van der Waals surface area contributed by atoms with Crippen molar-refractivity contribution < 1.29 is 0 Å². The number of anilines is 1. The molecule has 6 heteroatoms. The first-order valence-corrected chi connectivity index (χ1v) is 10.1. The fraction of sp³-hybridized carbons (Fsp3) is 0.227. The molecule has 0 bridgehead atoms. The summed E-state index contributed by atoms with van der Waals surface area (Å²) in [6, 6.07) is 18.8. The Morgan fingerprint density at radius 2 is 1.61 bits per heavy atom. The van der Waals surface area contributed by atoms with E-state index in [0.29, 0.717) is 0 Å². The summed E-state index contributed by atoms with van der Waals surface area (Å²) in [7, 11) is 0. The number of thiophene rings is 1. The maximum Gasteiger partial charge on any atom is 0.184 e. The second-order valence-corrected chi connectivity index (χ2v) is 8.40. The van der Waals surface area contributed by atoms with Crippen LogP contribution < -0.4 is 5.32 Å². The van der Waals surface area contributed by atoms with Crippen LogP contribution in [0.4, 0.5) is 5.69 Å². The first kappa shape index (κ1) is 18.4. The predicted octanol–water partition coefficient (Wildman–Crippen LogP) is 5.16. The van der Waals surface area contributed by atoms with Crippen LogP contribution in [0.3, 0.4) is 0 Å². The van der Waals surface area contributed by atoms with Gasteiger partial charge in [-0.25, -0.2) is 0 Å². The van der Waals surface area contributed by atoms with E-state index in [2.05, 4.69) is 103 Å². The van der Waals surface area contributed by atoms with E-state index in [0.717, 1.165) is 28.3 Å². The summed E-state index contributed by atoms with van der Waals surface area (Å²) in [6.07, 6.45) is 0. The average molecular weight is 390 g/mol. The molecule has 4 rings (SSSR count). The van der Waals surface area contributed by atoms with Crippen molar-refractivity contribution in [2.24, 2.45) is 0 Å². The molecule has 2 aromatic carbocycles. The Kier molecular flexibility index (Phi) is 4.96. The Morgan fingerprint density at radius 3 is 2.25 bits per heavy atom. The molecule has 0 saturated heterocycles. The molecular weight excluding hydrogens is 366 g/mol. The third kappa shape index (κ3) is 3.55. The van der Waals surface area contributed by atoms with Crippen LogP contribution in [0.5, 0.6) is 0 Å². The molecule has 0 saturated carbocycles. The summed E-state index contributed by atoms with van der Waals surface area (Å²) >= 11 is 1.76. The van der Waals surface area contributed by atoms with Crippen molar-refractivity contribution in [3.63, 3.8) is 0 Å². The minimum absolute atomic E-state index is 0.143. The Balaban J connectivity index is 1.82. The predicted molar refractivity (Wildman–Crippen MR) is 114 cm³/mol. The molecule has 2 aromatic heterocycles. The number of rotatable bonds is 5. The molecule has 0 aliphatic heterocycles. The molecule has 5 nitrogen and oxygen atoms in total. The number of hydrogen-bond donors (Lipinski definition) is 1. The second-order valence-electron chi connectivity index (χ2n) is 7.08. The van der Waals surface area contributed by atoms with Gasteiger partial charge in [-0.3, -0.25) is 0 Å². The zero-order valence-corrected chi connectivity index (χ0v) is 17.3. The van der Waals surface area contributed by atoms with E-state index in [-0.39, 0.29) is 6.04 Å². The number of tetrazole rings is 1. The van der Waals surface area contributed by atoms with E-state index in [1.54, 1.807) is 11.3 Å². The standard InChI is InChI=1S/C22H23N5S/c1-14-8-11-18(12-9-14)23-20(19-13-10-17(4)28-19)22-24-25-26-27(22)21-15(2)6-5-7-16(21)3/h5-13,20,23H,1-4H3/t20-/m1/s1. The molecule has 0 aliphatic rings. The molecule has 1 atom stereocenters. The zero-order valence-electron chi connectivity index (χ0n) is 16.5. The van der Waals surface area contributed by atoms with Crippen LogP contribution >= 0.6 is 11.3 Å². The molecular formula is C22H23N5S. The minimum atomic E-state index is -0.143. The molecule has 4 aromatic rings. The van der Waals surface area contributed by atoms with E-state index < -0.39 is 0 Å². The summed E-state index contributed by atoms with van der Waals surface area (Å²) < 4.78 is 1.87. The Morgan fingerprint density at radius 1 is 0.893 bits per heavy atom. The SMILES string of the molecule is Cc1ccc(N[C@H](c2ccc(C)s2)c2nnnn2-c2c(C)cccc2C)cc1. The van der Waals surface area contributed by atoms with E-state index in [9.17, 15) is 0 Å². The lowest BCUT2D eigenvalue weighted by molar-refractivity contribution is 0.736. The fourth-order valence-electron chi connectivity index (χ4n) is 3.36. The van der Waals surface area contributed by atoms with Crippen molar-refractivity contribution in [2.45, 2.75) is 33.7 Å². The molecule has 0 fully saturated rings. The maximum atomic E-state index is 4.42. The molecule has 28 heavy (non-hydrogen) atoms. The normalized spacial score (nSPS) is 12.1. The second kappa shape index (κ2) is 7.56. The van der Waals surface area contributed by atoms with Gasteiger partial charge in [0.05, 0.1) is 5.69 Å². The van der Waals surface area contributed by atoms with Gasteiger partial charge in [0.2, 0.25) is 0 Å². The number of aromatic nitrogens is 4. The highest BCUT2D eigenvalue weighted by molar-refractivity contribution is 7.12. The highest BCUT2D eigenvalue weighted by Crippen LogP contribution is 2.32. The van der Waals surface area contributed by atoms with Gasteiger partial charge in [0.15, 0.2) is 5.82 Å². The molecule has 0 spiro atoms. The number of nitrogens with zero attached hydrogens (tertiary/aromatic N) is 4. The van der Waals surface area contributed by atoms with Gasteiger partial charge in [0.1, 0.15) is 6.04 Å². The van der Waals surface area contributed by atoms with Crippen LogP contribution in [0, 0.1) is 27.7 Å². The zero-order chi connectivity index (χ0) is 19.7. The number of hydrogen-bond acceptors (Lipinski definition) is 5. The smallest absolute Gasteiger partial charge is 0.184 e. The van der Waals surface area contributed by atoms with Gasteiger partial charge in [0.25, 0.3) is 0 Å². The van der Waals surface area contributed by atoms with Crippen molar-refractivity contribution in [1.29, 1.82) is 0 Å². The van der Waals surface area contributed by atoms with Gasteiger partial charge in [-0.1, -0.05) is 35.9 Å². The largest absolute Gasteiger partial charge is 0.371 e. The first-order valence-electron chi connectivity index (χ1n) is 9.27. The molecule has 0 unspecified atom stereocenters. The molecule has 0 radical (unpaired) electrons. The lowest BCUT2D eigenvalue weighted by Gasteiger charge is -2.20. The van der Waals surface area contributed by atoms with E-state index in [1.807, 2.05) is 4.68 Å². The fourth-order valence-corrected chi connectivity index (χ4v) is 4.29. The van der Waals surface area contributed by atoms with Gasteiger partial charge in [-0.15, -0.1) is 16.4 Å². The number of nitrogens with one attached hydrogen (secondary N) is 1. The summed E-state index contributed by atoms with van der Waals surface area (Å²) in [5.74, 6) is 0.778. The van der Waals surface area contributed by atoms with Crippen molar-refractivity contribution in [1.82, 2.24) is 20.2 Å². The average Bonchev–Trinajstić information content (AvgIpc) is 3.31. The topological polar surface area (TPSA) is 55.6 Å². The lowest BCUT2D eigenvalue weighted by Crippen LogP contribution is -2.18. The van der Waals surface area contributed by atoms with Gasteiger partial charge < -0.3 is 5.32 Å². The summed E-state index contributed by atoms with van der Waals surface area (Å²) in [6.45, 7) is 8.38. The first-order chi connectivity index (χ1) is 13.5.